The topological polar surface area (TPSA) is 109 Å². The molecule has 0 fully saturated rings. The van der Waals surface area contributed by atoms with Crippen LogP contribution >= 0.6 is 0 Å². The van der Waals surface area contributed by atoms with Crippen LogP contribution in [0.15, 0.2) is 4.99 Å². The summed E-state index contributed by atoms with van der Waals surface area (Å²) < 4.78 is 4.75. The Morgan fingerprint density at radius 3 is 2.86 bits per heavy atom. The molecule has 1 amide bonds. The summed E-state index contributed by atoms with van der Waals surface area (Å²) in [5.41, 5.74) is 6.79. The predicted molar refractivity (Wildman–Crippen MR) is 50.9 cm³/mol. The summed E-state index contributed by atoms with van der Waals surface area (Å²) >= 11 is 0. The van der Waals surface area contributed by atoms with Crippen molar-refractivity contribution in [2.75, 3.05) is 20.3 Å². The smallest absolute Gasteiger partial charge is 0.244 e. The van der Waals surface area contributed by atoms with E-state index in [9.17, 15) is 4.79 Å². The summed E-state index contributed by atoms with van der Waals surface area (Å²) in [5.74, 6) is -0.473. The quantitative estimate of drug-likeness (QED) is 0.187. The van der Waals surface area contributed by atoms with E-state index in [1.54, 1.807) is 19.5 Å². The van der Waals surface area contributed by atoms with Gasteiger partial charge in [-0.1, -0.05) is 0 Å². The van der Waals surface area contributed by atoms with Gasteiger partial charge in [0.05, 0.1) is 6.61 Å². The molecule has 1 unspecified atom stereocenters. The number of amides is 1. The van der Waals surface area contributed by atoms with Gasteiger partial charge in [0, 0.05) is 13.7 Å². The molecule has 0 heterocycles. The van der Waals surface area contributed by atoms with Crippen LogP contribution < -0.4 is 16.5 Å². The number of hydrogen-bond acceptors (Lipinski definition) is 4. The molecule has 14 heavy (non-hydrogen) atoms. The molecule has 0 saturated carbocycles. The minimum atomic E-state index is -0.647. The third kappa shape index (κ3) is 5.33. The summed E-state index contributed by atoms with van der Waals surface area (Å²) in [5, 5.41) is 10.9. The largest absolute Gasteiger partial charge is 0.383 e. The molecule has 0 aliphatic heterocycles. The third-order valence-electron chi connectivity index (χ3n) is 1.43. The molecular formula is C7H16N4O3. The van der Waals surface area contributed by atoms with E-state index in [0.717, 1.165) is 0 Å². The lowest BCUT2D eigenvalue weighted by Crippen LogP contribution is -2.37. The van der Waals surface area contributed by atoms with Crippen molar-refractivity contribution in [3.8, 4) is 0 Å². The van der Waals surface area contributed by atoms with Crippen LogP contribution in [0.4, 0.5) is 0 Å². The van der Waals surface area contributed by atoms with E-state index >= 15 is 0 Å². The highest BCUT2D eigenvalue weighted by molar-refractivity contribution is 5.85. The number of nitrogens with one attached hydrogen (secondary N) is 2. The maximum atomic E-state index is 11.2. The van der Waals surface area contributed by atoms with Crippen LogP contribution in [0.5, 0.6) is 0 Å². The molecule has 7 nitrogen and oxygen atoms in total. The van der Waals surface area contributed by atoms with E-state index < -0.39 is 6.04 Å². The molecule has 7 heteroatoms. The molecule has 0 aromatic heterocycles. The van der Waals surface area contributed by atoms with Crippen LogP contribution in [-0.4, -0.2) is 43.4 Å². The van der Waals surface area contributed by atoms with Crippen LogP contribution in [0.25, 0.3) is 0 Å². The average Bonchev–Trinajstić information content (AvgIpc) is 2.17. The monoisotopic (exact) mass is 204 g/mol. The van der Waals surface area contributed by atoms with Gasteiger partial charge in [-0.3, -0.25) is 10.0 Å². The molecule has 1 atom stereocenters. The molecule has 0 rings (SSSR count). The average molecular weight is 204 g/mol. The fraction of sp³-hybridized carbons (Fsp3) is 0.714. The van der Waals surface area contributed by atoms with E-state index in [1.165, 1.54) is 0 Å². The molecule has 0 spiro atoms. The van der Waals surface area contributed by atoms with Gasteiger partial charge in [-0.15, -0.1) is 0 Å². The summed E-state index contributed by atoms with van der Waals surface area (Å²) in [6.07, 6.45) is 0. The molecule has 0 aromatic carbocycles. The van der Waals surface area contributed by atoms with Crippen molar-refractivity contribution in [2.45, 2.75) is 13.0 Å². The number of ether oxygens (including phenoxy) is 1. The summed E-state index contributed by atoms with van der Waals surface area (Å²) in [4.78, 5) is 14.9. The van der Waals surface area contributed by atoms with Crippen LogP contribution in [-0.2, 0) is 9.53 Å². The lowest BCUT2D eigenvalue weighted by Gasteiger charge is -2.08. The predicted octanol–water partition coefficient (Wildman–Crippen LogP) is -1.57. The van der Waals surface area contributed by atoms with Crippen LogP contribution in [0, 0.1) is 0 Å². The van der Waals surface area contributed by atoms with Crippen LogP contribution in [0.2, 0.25) is 0 Å². The maximum absolute atomic E-state index is 11.2. The Bertz CT molecular complexity index is 207. The number of carbonyl (C=O) groups is 1. The summed E-state index contributed by atoms with van der Waals surface area (Å²) in [6, 6.07) is -0.647. The van der Waals surface area contributed by atoms with Crippen molar-refractivity contribution in [3.63, 3.8) is 0 Å². The Morgan fingerprint density at radius 2 is 2.36 bits per heavy atom. The summed E-state index contributed by atoms with van der Waals surface area (Å²) in [7, 11) is 1.54. The second-order valence-corrected chi connectivity index (χ2v) is 2.59. The van der Waals surface area contributed by atoms with Crippen LogP contribution in [0.1, 0.15) is 6.92 Å². The molecule has 0 aliphatic carbocycles. The fourth-order valence-corrected chi connectivity index (χ4v) is 0.720. The number of aliphatic imine (C=N–C) groups is 1. The van der Waals surface area contributed by atoms with E-state index in [1.807, 2.05) is 0 Å². The molecule has 0 bridgehead atoms. The van der Waals surface area contributed by atoms with Gasteiger partial charge in [-0.25, -0.2) is 10.5 Å². The highest BCUT2D eigenvalue weighted by atomic mass is 16.5. The third-order valence-corrected chi connectivity index (χ3v) is 1.43. The van der Waals surface area contributed by atoms with Crippen molar-refractivity contribution in [2.24, 2.45) is 10.7 Å². The van der Waals surface area contributed by atoms with Crippen molar-refractivity contribution < 1.29 is 14.7 Å². The molecular weight excluding hydrogens is 188 g/mol. The summed E-state index contributed by atoms with van der Waals surface area (Å²) in [6.45, 7) is 2.42. The minimum absolute atomic E-state index is 0.195. The van der Waals surface area contributed by atoms with Gasteiger partial charge in [0.15, 0.2) is 0 Å². The normalized spacial score (nSPS) is 13.5. The SMILES string of the molecule is COCCNC(=O)C(C)N=C(N)NO. The van der Waals surface area contributed by atoms with E-state index in [0.29, 0.717) is 13.2 Å². The lowest BCUT2D eigenvalue weighted by molar-refractivity contribution is -0.122. The number of rotatable bonds is 5. The lowest BCUT2D eigenvalue weighted by atomic mass is 10.3. The number of carbonyl (C=O) groups excluding carboxylic acids is 1. The molecule has 5 N–H and O–H groups in total. The first-order valence-electron chi connectivity index (χ1n) is 4.11. The number of nitrogens with two attached hydrogens (primary N) is 1. The molecule has 0 aliphatic rings. The standard InChI is InChI=1S/C7H16N4O3/c1-5(10-7(8)11-13)6(12)9-3-4-14-2/h5,13H,3-4H2,1-2H3,(H,9,12)(H3,8,10,11). The molecule has 0 saturated heterocycles. The zero-order valence-corrected chi connectivity index (χ0v) is 8.28. The van der Waals surface area contributed by atoms with E-state index in [4.69, 9.17) is 15.7 Å². The second-order valence-electron chi connectivity index (χ2n) is 2.59. The van der Waals surface area contributed by atoms with Gasteiger partial charge >= 0.3 is 0 Å². The fourth-order valence-electron chi connectivity index (χ4n) is 0.720. The molecule has 0 aromatic rings. The number of nitrogens with zero attached hydrogens (tertiary/aromatic N) is 1. The van der Waals surface area contributed by atoms with Crippen molar-refractivity contribution in [1.29, 1.82) is 0 Å². The first kappa shape index (κ1) is 12.7. The van der Waals surface area contributed by atoms with Gasteiger partial charge in [0.1, 0.15) is 6.04 Å². The first-order chi connectivity index (χ1) is 6.61. The Labute approximate surface area is 82.3 Å². The number of methoxy groups -OCH3 is 1. The highest BCUT2D eigenvalue weighted by Crippen LogP contribution is 1.88. The zero-order chi connectivity index (χ0) is 11.0. The zero-order valence-electron chi connectivity index (χ0n) is 8.28. The highest BCUT2D eigenvalue weighted by Gasteiger charge is 2.10. The first-order valence-corrected chi connectivity index (χ1v) is 4.11. The van der Waals surface area contributed by atoms with Gasteiger partial charge in [-0.2, -0.15) is 0 Å². The van der Waals surface area contributed by atoms with Crippen molar-refractivity contribution in [1.82, 2.24) is 10.8 Å². The maximum Gasteiger partial charge on any atom is 0.244 e. The Balaban J connectivity index is 3.87. The van der Waals surface area contributed by atoms with Gasteiger partial charge in [0.25, 0.3) is 0 Å². The van der Waals surface area contributed by atoms with E-state index in [2.05, 4.69) is 10.3 Å². The second kappa shape index (κ2) is 7.10. The molecule has 82 valence electrons. The number of hydrogen-bond donors (Lipinski definition) is 4. The molecule has 0 radical (unpaired) electrons. The number of guanidine groups is 1. The van der Waals surface area contributed by atoms with Crippen molar-refractivity contribution >= 4 is 11.9 Å². The van der Waals surface area contributed by atoms with Crippen molar-refractivity contribution in [3.05, 3.63) is 0 Å². The van der Waals surface area contributed by atoms with Gasteiger partial charge < -0.3 is 15.8 Å². The Kier molecular flexibility index (Phi) is 6.42. The van der Waals surface area contributed by atoms with Crippen LogP contribution in [0.3, 0.4) is 0 Å². The Morgan fingerprint density at radius 1 is 1.71 bits per heavy atom. The minimum Gasteiger partial charge on any atom is -0.383 e. The number of hydroxylamine groups is 1. The van der Waals surface area contributed by atoms with Gasteiger partial charge in [0.2, 0.25) is 11.9 Å². The Hall–Kier alpha value is -1.34. The van der Waals surface area contributed by atoms with Gasteiger partial charge in [-0.05, 0) is 6.92 Å². The van der Waals surface area contributed by atoms with E-state index in [-0.39, 0.29) is 11.9 Å².